The molecule has 0 spiro atoms. The van der Waals surface area contributed by atoms with Crippen LogP contribution in [0.3, 0.4) is 0 Å². The molecule has 2 rings (SSSR count). The van der Waals surface area contributed by atoms with Crippen LogP contribution < -0.4 is 16.0 Å². The van der Waals surface area contributed by atoms with Gasteiger partial charge in [-0.15, -0.1) is 0 Å². The highest BCUT2D eigenvalue weighted by Crippen LogP contribution is 2.43. The molecule has 0 aromatic heterocycles. The van der Waals surface area contributed by atoms with Crippen LogP contribution in [0.1, 0.15) is 18.1 Å². The topological polar surface area (TPSA) is 73.4 Å². The Labute approximate surface area is 196 Å². The standard InChI is InChI=1S/C19H18Cl4F3N3O2/c1-2-27-17(30)28-8-10-3-4-12(7-13(10)20)29-9-18(31,19(24,25)26)11-5-14(21)16(23)15(22)6-11/h3-7,29,31H,2,8-9H2,1H3,(H2,27,28,30)/t18-/m1/s1. The number of carbonyl (C=O) groups excluding carboxylic acids is 1. The van der Waals surface area contributed by atoms with Gasteiger partial charge in [-0.05, 0) is 42.3 Å². The molecule has 0 aliphatic carbocycles. The molecule has 5 nitrogen and oxygen atoms in total. The minimum Gasteiger partial charge on any atom is -0.381 e. The summed E-state index contributed by atoms with van der Waals surface area (Å²) in [6.45, 7) is 1.40. The largest absolute Gasteiger partial charge is 0.423 e. The fourth-order valence-corrected chi connectivity index (χ4v) is 3.43. The summed E-state index contributed by atoms with van der Waals surface area (Å²) in [4.78, 5) is 11.5. The quantitative estimate of drug-likeness (QED) is 0.340. The molecule has 0 radical (unpaired) electrons. The summed E-state index contributed by atoms with van der Waals surface area (Å²) < 4.78 is 41.3. The lowest BCUT2D eigenvalue weighted by Gasteiger charge is -2.32. The summed E-state index contributed by atoms with van der Waals surface area (Å²) in [5.41, 5.74) is -3.10. The molecule has 12 heteroatoms. The molecule has 2 amide bonds. The van der Waals surface area contributed by atoms with Crippen molar-refractivity contribution in [2.45, 2.75) is 25.2 Å². The number of aliphatic hydroxyl groups is 1. The molecule has 0 unspecified atom stereocenters. The van der Waals surface area contributed by atoms with Crippen molar-refractivity contribution in [3.63, 3.8) is 0 Å². The molecule has 2 aromatic rings. The molecule has 0 bridgehead atoms. The average molecular weight is 519 g/mol. The third-order valence-electron chi connectivity index (χ3n) is 4.31. The van der Waals surface area contributed by atoms with Crippen LogP contribution in [0.15, 0.2) is 30.3 Å². The highest BCUT2D eigenvalue weighted by Gasteiger charge is 2.55. The number of nitrogens with one attached hydrogen (secondary N) is 3. The predicted octanol–water partition coefficient (Wildman–Crippen LogP) is 5.98. The van der Waals surface area contributed by atoms with Crippen molar-refractivity contribution in [2.24, 2.45) is 0 Å². The second-order valence-corrected chi connectivity index (χ2v) is 8.08. The van der Waals surface area contributed by atoms with E-state index in [2.05, 4.69) is 16.0 Å². The Morgan fingerprint density at radius 2 is 1.61 bits per heavy atom. The lowest BCUT2D eigenvalue weighted by Crippen LogP contribution is -2.47. The molecule has 4 N–H and O–H groups in total. The summed E-state index contributed by atoms with van der Waals surface area (Å²) in [5, 5.41) is 17.8. The van der Waals surface area contributed by atoms with Gasteiger partial charge in [-0.2, -0.15) is 13.2 Å². The summed E-state index contributed by atoms with van der Waals surface area (Å²) in [6.07, 6.45) is -5.05. The number of rotatable bonds is 7. The van der Waals surface area contributed by atoms with Crippen LogP contribution >= 0.6 is 46.4 Å². The predicted molar refractivity (Wildman–Crippen MR) is 117 cm³/mol. The van der Waals surface area contributed by atoms with Gasteiger partial charge in [-0.25, -0.2) is 4.79 Å². The van der Waals surface area contributed by atoms with Crippen LogP contribution in [-0.4, -0.2) is 30.4 Å². The van der Waals surface area contributed by atoms with Gasteiger partial charge in [0.2, 0.25) is 5.60 Å². The maximum absolute atomic E-state index is 13.8. The van der Waals surface area contributed by atoms with E-state index >= 15 is 0 Å². The number of carbonyl (C=O) groups is 1. The van der Waals surface area contributed by atoms with Crippen molar-refractivity contribution in [3.05, 3.63) is 61.5 Å². The number of hydrogen-bond donors (Lipinski definition) is 4. The summed E-state index contributed by atoms with van der Waals surface area (Å²) >= 11 is 23.6. The van der Waals surface area contributed by atoms with Crippen molar-refractivity contribution >= 4 is 58.1 Å². The van der Waals surface area contributed by atoms with E-state index < -0.39 is 23.9 Å². The zero-order chi connectivity index (χ0) is 23.4. The van der Waals surface area contributed by atoms with Gasteiger partial charge in [0.15, 0.2) is 0 Å². The van der Waals surface area contributed by atoms with E-state index in [9.17, 15) is 23.1 Å². The van der Waals surface area contributed by atoms with Gasteiger partial charge in [0, 0.05) is 23.8 Å². The highest BCUT2D eigenvalue weighted by molar-refractivity contribution is 6.48. The first-order chi connectivity index (χ1) is 14.4. The Balaban J connectivity index is 2.21. The monoisotopic (exact) mass is 517 g/mol. The lowest BCUT2D eigenvalue weighted by molar-refractivity contribution is -0.260. The minimum absolute atomic E-state index is 0.117. The summed E-state index contributed by atoms with van der Waals surface area (Å²) in [5.74, 6) is 0. The number of hydrogen-bond acceptors (Lipinski definition) is 3. The Morgan fingerprint density at radius 1 is 1.00 bits per heavy atom. The maximum Gasteiger partial charge on any atom is 0.423 e. The van der Waals surface area contributed by atoms with Gasteiger partial charge in [0.1, 0.15) is 0 Å². The fourth-order valence-electron chi connectivity index (χ4n) is 2.59. The van der Waals surface area contributed by atoms with Crippen LogP contribution in [0, 0.1) is 0 Å². The van der Waals surface area contributed by atoms with E-state index in [1.54, 1.807) is 13.0 Å². The van der Waals surface area contributed by atoms with E-state index in [1.807, 2.05) is 0 Å². The van der Waals surface area contributed by atoms with E-state index in [0.29, 0.717) is 12.1 Å². The first-order valence-corrected chi connectivity index (χ1v) is 10.4. The molecule has 0 aliphatic rings. The lowest BCUT2D eigenvalue weighted by atomic mass is 9.92. The van der Waals surface area contributed by atoms with Crippen LogP contribution in [0.5, 0.6) is 0 Å². The number of benzene rings is 2. The summed E-state index contributed by atoms with van der Waals surface area (Å²) in [7, 11) is 0. The van der Waals surface area contributed by atoms with Crippen LogP contribution in [-0.2, 0) is 12.1 Å². The summed E-state index contributed by atoms with van der Waals surface area (Å²) in [6, 6.07) is 5.84. The molecule has 2 aromatic carbocycles. The highest BCUT2D eigenvalue weighted by atomic mass is 35.5. The van der Waals surface area contributed by atoms with Gasteiger partial charge in [-0.1, -0.05) is 52.5 Å². The van der Waals surface area contributed by atoms with E-state index in [1.165, 1.54) is 12.1 Å². The number of urea groups is 1. The van der Waals surface area contributed by atoms with Gasteiger partial charge in [-0.3, -0.25) is 0 Å². The number of halogens is 7. The SMILES string of the molecule is CCNC(=O)NCc1ccc(NC[C@@](O)(c2cc(Cl)c(Cl)c(Cl)c2)C(F)(F)F)cc1Cl. The second-order valence-electron chi connectivity index (χ2n) is 6.48. The van der Waals surface area contributed by atoms with E-state index in [-0.39, 0.29) is 38.4 Å². The van der Waals surface area contributed by atoms with Crippen molar-refractivity contribution < 1.29 is 23.1 Å². The van der Waals surface area contributed by atoms with Crippen LogP contribution in [0.4, 0.5) is 23.7 Å². The van der Waals surface area contributed by atoms with Crippen molar-refractivity contribution in [1.82, 2.24) is 10.6 Å². The molecule has 0 saturated heterocycles. The molecule has 0 fully saturated rings. The van der Waals surface area contributed by atoms with Gasteiger partial charge in [0.25, 0.3) is 0 Å². The Hall–Kier alpha value is -1.58. The number of amides is 2. The molecular formula is C19H18Cl4F3N3O2. The van der Waals surface area contributed by atoms with Gasteiger partial charge in [0.05, 0.1) is 21.6 Å². The second kappa shape index (κ2) is 10.4. The molecule has 31 heavy (non-hydrogen) atoms. The number of anilines is 1. The van der Waals surface area contributed by atoms with E-state index in [0.717, 1.165) is 12.1 Å². The molecule has 0 aliphatic heterocycles. The minimum atomic E-state index is -5.05. The normalized spacial score (nSPS) is 13.5. The third-order valence-corrected chi connectivity index (χ3v) is 5.86. The van der Waals surface area contributed by atoms with E-state index in [4.69, 9.17) is 46.4 Å². The van der Waals surface area contributed by atoms with Crippen molar-refractivity contribution in [2.75, 3.05) is 18.4 Å². The third kappa shape index (κ3) is 6.23. The van der Waals surface area contributed by atoms with Crippen LogP contribution in [0.25, 0.3) is 0 Å². The molecule has 0 heterocycles. The smallest absolute Gasteiger partial charge is 0.381 e. The van der Waals surface area contributed by atoms with Gasteiger partial charge < -0.3 is 21.1 Å². The average Bonchev–Trinajstić information content (AvgIpc) is 2.68. The van der Waals surface area contributed by atoms with Crippen molar-refractivity contribution in [3.8, 4) is 0 Å². The first-order valence-electron chi connectivity index (χ1n) is 8.87. The Kier molecular flexibility index (Phi) is 8.58. The zero-order valence-electron chi connectivity index (χ0n) is 16.0. The van der Waals surface area contributed by atoms with Crippen LogP contribution in [0.2, 0.25) is 20.1 Å². The fraction of sp³-hybridized carbons (Fsp3) is 0.316. The molecule has 1 atom stereocenters. The van der Waals surface area contributed by atoms with Gasteiger partial charge >= 0.3 is 12.2 Å². The molecule has 0 saturated carbocycles. The molecular weight excluding hydrogens is 501 g/mol. The molecule has 170 valence electrons. The Morgan fingerprint density at radius 3 is 2.13 bits per heavy atom. The first kappa shape index (κ1) is 25.7. The number of alkyl halides is 3. The Bertz CT molecular complexity index is 936. The van der Waals surface area contributed by atoms with Crippen molar-refractivity contribution in [1.29, 1.82) is 0 Å². The maximum atomic E-state index is 13.8. The zero-order valence-corrected chi connectivity index (χ0v) is 19.0.